The SMILES string of the molecule is Clc1ccccc1-c1cc(-c2onc3c2CCc2ccccc2-3)nn1-c1ccccc1. The van der Waals surface area contributed by atoms with Crippen LogP contribution in [0.4, 0.5) is 0 Å². The fraction of sp³-hybridized carbons (Fsp3) is 0.0769. The Morgan fingerprint density at radius 2 is 1.55 bits per heavy atom. The average molecular weight is 424 g/mol. The van der Waals surface area contributed by atoms with E-state index >= 15 is 0 Å². The van der Waals surface area contributed by atoms with E-state index in [-0.39, 0.29) is 0 Å². The van der Waals surface area contributed by atoms with Gasteiger partial charge in [0.1, 0.15) is 11.4 Å². The zero-order valence-electron chi connectivity index (χ0n) is 16.6. The lowest BCUT2D eigenvalue weighted by atomic mass is 9.89. The number of halogens is 1. The summed E-state index contributed by atoms with van der Waals surface area (Å²) in [6, 6.07) is 28.3. The molecule has 0 atom stereocenters. The molecule has 1 aliphatic carbocycles. The number of hydrogen-bond acceptors (Lipinski definition) is 3. The van der Waals surface area contributed by atoms with E-state index in [1.54, 1.807) is 0 Å². The molecule has 6 rings (SSSR count). The van der Waals surface area contributed by atoms with Crippen LogP contribution in [0, 0.1) is 0 Å². The maximum atomic E-state index is 6.55. The summed E-state index contributed by atoms with van der Waals surface area (Å²) in [7, 11) is 0. The summed E-state index contributed by atoms with van der Waals surface area (Å²) in [6.45, 7) is 0. The zero-order chi connectivity index (χ0) is 20.8. The normalized spacial score (nSPS) is 12.4. The third kappa shape index (κ3) is 2.99. The standard InChI is InChI=1S/C26H18ClN3O/c27-22-13-7-6-12-20(22)24-16-23(28-30(24)18-9-2-1-3-10-18)26-21-15-14-17-8-4-5-11-19(17)25(21)29-31-26/h1-13,16H,14-15H2. The molecule has 4 nitrogen and oxygen atoms in total. The van der Waals surface area contributed by atoms with Crippen molar-refractivity contribution >= 4 is 11.6 Å². The van der Waals surface area contributed by atoms with E-state index in [1.165, 1.54) is 5.56 Å². The molecule has 0 N–H and O–H groups in total. The van der Waals surface area contributed by atoms with Crippen molar-refractivity contribution in [2.45, 2.75) is 12.8 Å². The van der Waals surface area contributed by atoms with Crippen LogP contribution in [-0.2, 0) is 12.8 Å². The molecule has 1 aliphatic rings. The molecule has 0 saturated heterocycles. The van der Waals surface area contributed by atoms with E-state index in [9.17, 15) is 0 Å². The van der Waals surface area contributed by atoms with Crippen LogP contribution in [-0.4, -0.2) is 14.9 Å². The maximum absolute atomic E-state index is 6.55. The Labute approximate surface area is 184 Å². The van der Waals surface area contributed by atoms with Gasteiger partial charge in [0.05, 0.1) is 11.4 Å². The van der Waals surface area contributed by atoms with E-state index in [4.69, 9.17) is 21.2 Å². The fourth-order valence-electron chi connectivity index (χ4n) is 4.30. The van der Waals surface area contributed by atoms with Crippen molar-refractivity contribution in [1.82, 2.24) is 14.9 Å². The fourth-order valence-corrected chi connectivity index (χ4v) is 4.53. The van der Waals surface area contributed by atoms with Crippen molar-refractivity contribution in [3.05, 3.63) is 101 Å². The molecule has 0 spiro atoms. The highest BCUT2D eigenvalue weighted by Gasteiger charge is 2.27. The Bertz CT molecular complexity index is 1400. The monoisotopic (exact) mass is 423 g/mol. The van der Waals surface area contributed by atoms with Crippen LogP contribution in [0.5, 0.6) is 0 Å². The van der Waals surface area contributed by atoms with Crippen LogP contribution in [0.2, 0.25) is 5.02 Å². The van der Waals surface area contributed by atoms with Gasteiger partial charge >= 0.3 is 0 Å². The van der Waals surface area contributed by atoms with Gasteiger partial charge in [0.25, 0.3) is 0 Å². The third-order valence-electron chi connectivity index (χ3n) is 5.80. The van der Waals surface area contributed by atoms with E-state index in [1.807, 2.05) is 71.4 Å². The minimum Gasteiger partial charge on any atom is -0.354 e. The average Bonchev–Trinajstić information content (AvgIpc) is 3.45. The first kappa shape index (κ1) is 18.2. The summed E-state index contributed by atoms with van der Waals surface area (Å²) in [5.41, 5.74) is 8.04. The smallest absolute Gasteiger partial charge is 0.190 e. The van der Waals surface area contributed by atoms with Crippen molar-refractivity contribution in [1.29, 1.82) is 0 Å². The highest BCUT2D eigenvalue weighted by atomic mass is 35.5. The summed E-state index contributed by atoms with van der Waals surface area (Å²) in [4.78, 5) is 0. The van der Waals surface area contributed by atoms with Gasteiger partial charge in [-0.05, 0) is 42.7 Å². The molecular formula is C26H18ClN3O. The van der Waals surface area contributed by atoms with Crippen molar-refractivity contribution in [3.8, 4) is 39.7 Å². The van der Waals surface area contributed by atoms with Crippen LogP contribution in [0.3, 0.4) is 0 Å². The minimum absolute atomic E-state index is 0.680. The summed E-state index contributed by atoms with van der Waals surface area (Å²) < 4.78 is 7.79. The Morgan fingerprint density at radius 1 is 0.806 bits per heavy atom. The predicted molar refractivity (Wildman–Crippen MR) is 122 cm³/mol. The Kier molecular flexibility index (Phi) is 4.25. The van der Waals surface area contributed by atoms with Gasteiger partial charge in [0.2, 0.25) is 0 Å². The highest BCUT2D eigenvalue weighted by Crippen LogP contribution is 2.40. The van der Waals surface area contributed by atoms with E-state index in [0.717, 1.165) is 58.1 Å². The van der Waals surface area contributed by atoms with E-state index in [0.29, 0.717) is 5.02 Å². The van der Waals surface area contributed by atoms with Gasteiger partial charge in [0, 0.05) is 21.7 Å². The zero-order valence-corrected chi connectivity index (χ0v) is 17.4. The van der Waals surface area contributed by atoms with Crippen molar-refractivity contribution in [3.63, 3.8) is 0 Å². The summed E-state index contributed by atoms with van der Waals surface area (Å²) in [5, 5.41) is 10.0. The van der Waals surface area contributed by atoms with Crippen molar-refractivity contribution in [2.24, 2.45) is 0 Å². The molecular weight excluding hydrogens is 406 g/mol. The molecule has 0 unspecified atom stereocenters. The predicted octanol–water partition coefficient (Wildman–Crippen LogP) is 6.61. The third-order valence-corrected chi connectivity index (χ3v) is 6.13. The molecule has 150 valence electrons. The molecule has 5 aromatic rings. The summed E-state index contributed by atoms with van der Waals surface area (Å²) in [6.07, 6.45) is 1.85. The lowest BCUT2D eigenvalue weighted by molar-refractivity contribution is 0.433. The maximum Gasteiger partial charge on any atom is 0.190 e. The van der Waals surface area contributed by atoms with Crippen LogP contribution in [0.1, 0.15) is 11.1 Å². The van der Waals surface area contributed by atoms with Crippen molar-refractivity contribution in [2.75, 3.05) is 0 Å². The number of aromatic nitrogens is 3. The van der Waals surface area contributed by atoms with Crippen LogP contribution in [0.25, 0.3) is 39.7 Å². The summed E-state index contributed by atoms with van der Waals surface area (Å²) >= 11 is 6.55. The van der Waals surface area contributed by atoms with Gasteiger partial charge in [0.15, 0.2) is 5.76 Å². The van der Waals surface area contributed by atoms with Crippen molar-refractivity contribution < 1.29 is 4.52 Å². The largest absolute Gasteiger partial charge is 0.354 e. The molecule has 2 heterocycles. The first-order valence-electron chi connectivity index (χ1n) is 10.3. The van der Waals surface area contributed by atoms with Crippen LogP contribution >= 0.6 is 11.6 Å². The Hall–Kier alpha value is -3.63. The first-order valence-corrected chi connectivity index (χ1v) is 10.6. The first-order chi connectivity index (χ1) is 15.3. The summed E-state index contributed by atoms with van der Waals surface area (Å²) in [5.74, 6) is 0.729. The number of hydrogen-bond donors (Lipinski definition) is 0. The van der Waals surface area contributed by atoms with Gasteiger partial charge in [-0.15, -0.1) is 0 Å². The molecule has 0 amide bonds. The van der Waals surface area contributed by atoms with Crippen LogP contribution < -0.4 is 0 Å². The second kappa shape index (κ2) is 7.25. The van der Waals surface area contributed by atoms with Gasteiger partial charge in [-0.25, -0.2) is 4.68 Å². The van der Waals surface area contributed by atoms with Gasteiger partial charge in [-0.3, -0.25) is 0 Å². The molecule has 31 heavy (non-hydrogen) atoms. The van der Waals surface area contributed by atoms with E-state index in [2.05, 4.69) is 23.4 Å². The molecule has 2 aromatic heterocycles. The van der Waals surface area contributed by atoms with Gasteiger partial charge in [-0.1, -0.05) is 77.4 Å². The number of benzene rings is 3. The number of nitrogens with zero attached hydrogens (tertiary/aromatic N) is 3. The molecule has 3 aromatic carbocycles. The molecule has 0 saturated carbocycles. The molecule has 0 aliphatic heterocycles. The molecule has 0 radical (unpaired) electrons. The molecule has 0 bridgehead atoms. The lowest BCUT2D eigenvalue weighted by Crippen LogP contribution is -2.03. The number of rotatable bonds is 3. The lowest BCUT2D eigenvalue weighted by Gasteiger charge is -2.14. The van der Waals surface area contributed by atoms with E-state index < -0.39 is 0 Å². The highest BCUT2D eigenvalue weighted by molar-refractivity contribution is 6.33. The molecule has 5 heteroatoms. The number of aryl methyl sites for hydroxylation is 1. The Morgan fingerprint density at radius 3 is 2.39 bits per heavy atom. The molecule has 0 fully saturated rings. The quantitative estimate of drug-likeness (QED) is 0.328. The van der Waals surface area contributed by atoms with Crippen LogP contribution in [0.15, 0.2) is 89.5 Å². The second-order valence-electron chi connectivity index (χ2n) is 7.64. The van der Waals surface area contributed by atoms with Gasteiger partial charge in [-0.2, -0.15) is 5.10 Å². The number of para-hydroxylation sites is 1. The number of fused-ring (bicyclic) bond motifs is 3. The van der Waals surface area contributed by atoms with Gasteiger partial charge < -0.3 is 4.52 Å². The Balaban J connectivity index is 1.54. The second-order valence-corrected chi connectivity index (χ2v) is 8.05. The minimum atomic E-state index is 0.680. The topological polar surface area (TPSA) is 43.9 Å².